The van der Waals surface area contributed by atoms with Gasteiger partial charge in [-0.3, -0.25) is 4.79 Å². The third kappa shape index (κ3) is 3.49. The third-order valence-corrected chi connectivity index (χ3v) is 5.35. The van der Waals surface area contributed by atoms with E-state index in [0.717, 1.165) is 11.2 Å². The highest BCUT2D eigenvalue weighted by Gasteiger charge is 2.37. The minimum absolute atomic E-state index is 0.0366. The maximum Gasteiger partial charge on any atom is 0.427 e. The van der Waals surface area contributed by atoms with Crippen LogP contribution in [-0.4, -0.2) is 31.8 Å². The SMILES string of the molecule is CS(=O)(=O)c1ccc(N2C(=O)O/C(=C\c3ccc(O)c(Br)c3)C2=O)cc1. The number of cyclic esters (lactones) is 1. The van der Waals surface area contributed by atoms with Crippen molar-refractivity contribution in [2.45, 2.75) is 4.90 Å². The van der Waals surface area contributed by atoms with Crippen molar-refractivity contribution >= 4 is 49.5 Å². The molecule has 1 saturated heterocycles. The molecule has 0 spiro atoms. The number of hydrogen-bond donors (Lipinski definition) is 1. The smallest absolute Gasteiger partial charge is 0.427 e. The van der Waals surface area contributed by atoms with Crippen molar-refractivity contribution in [1.82, 2.24) is 0 Å². The molecule has 2 aromatic carbocycles. The lowest BCUT2D eigenvalue weighted by Crippen LogP contribution is -2.28. The first-order valence-corrected chi connectivity index (χ1v) is 9.92. The molecule has 1 fully saturated rings. The Morgan fingerprint density at radius 3 is 2.35 bits per heavy atom. The van der Waals surface area contributed by atoms with Gasteiger partial charge in [-0.15, -0.1) is 0 Å². The maximum absolute atomic E-state index is 12.5. The monoisotopic (exact) mass is 437 g/mol. The van der Waals surface area contributed by atoms with E-state index in [4.69, 9.17) is 4.74 Å². The lowest BCUT2D eigenvalue weighted by molar-refractivity contribution is -0.114. The molecule has 0 aliphatic carbocycles. The van der Waals surface area contributed by atoms with Crippen LogP contribution >= 0.6 is 15.9 Å². The fourth-order valence-electron chi connectivity index (χ4n) is 2.30. The Bertz CT molecular complexity index is 1040. The highest BCUT2D eigenvalue weighted by Crippen LogP contribution is 2.29. The second kappa shape index (κ2) is 6.58. The summed E-state index contributed by atoms with van der Waals surface area (Å²) in [5, 5.41) is 9.50. The van der Waals surface area contributed by atoms with Crippen molar-refractivity contribution in [3.05, 3.63) is 58.3 Å². The van der Waals surface area contributed by atoms with Gasteiger partial charge in [0.05, 0.1) is 15.1 Å². The average molecular weight is 438 g/mol. The van der Waals surface area contributed by atoms with Crippen LogP contribution in [0, 0.1) is 0 Å². The number of carbonyl (C=O) groups is 2. The van der Waals surface area contributed by atoms with Gasteiger partial charge in [0, 0.05) is 6.26 Å². The fourth-order valence-corrected chi connectivity index (χ4v) is 3.32. The second-order valence-electron chi connectivity index (χ2n) is 5.49. The first-order valence-electron chi connectivity index (χ1n) is 7.23. The van der Waals surface area contributed by atoms with Gasteiger partial charge in [-0.05, 0) is 64.0 Å². The molecule has 2 aromatic rings. The van der Waals surface area contributed by atoms with Crippen molar-refractivity contribution in [3.8, 4) is 5.75 Å². The number of amides is 2. The molecule has 1 N–H and O–H groups in total. The molecule has 1 heterocycles. The van der Waals surface area contributed by atoms with Gasteiger partial charge in [-0.2, -0.15) is 0 Å². The summed E-state index contributed by atoms with van der Waals surface area (Å²) in [7, 11) is -3.39. The molecule has 3 rings (SSSR count). The van der Waals surface area contributed by atoms with Crippen molar-refractivity contribution in [3.63, 3.8) is 0 Å². The van der Waals surface area contributed by atoms with E-state index < -0.39 is 21.8 Å². The summed E-state index contributed by atoms with van der Waals surface area (Å²) in [5.41, 5.74) is 0.739. The third-order valence-electron chi connectivity index (χ3n) is 3.59. The minimum atomic E-state index is -3.39. The van der Waals surface area contributed by atoms with Crippen molar-refractivity contribution in [2.75, 3.05) is 11.2 Å². The number of imide groups is 1. The number of carbonyl (C=O) groups excluding carboxylic acids is 2. The highest BCUT2D eigenvalue weighted by atomic mass is 79.9. The average Bonchev–Trinajstić information content (AvgIpc) is 2.84. The zero-order valence-corrected chi connectivity index (χ0v) is 15.7. The summed E-state index contributed by atoms with van der Waals surface area (Å²) in [6, 6.07) is 9.88. The molecule has 134 valence electrons. The number of sulfone groups is 1. The Kier molecular flexibility index (Phi) is 4.59. The van der Waals surface area contributed by atoms with E-state index in [9.17, 15) is 23.1 Å². The summed E-state index contributed by atoms with van der Waals surface area (Å²) in [6.07, 6.45) is 1.55. The number of phenols is 1. The zero-order chi connectivity index (χ0) is 19.1. The molecule has 0 saturated carbocycles. The number of ether oxygens (including phenoxy) is 1. The van der Waals surface area contributed by atoms with Gasteiger partial charge in [0.2, 0.25) is 0 Å². The predicted molar refractivity (Wildman–Crippen MR) is 97.3 cm³/mol. The van der Waals surface area contributed by atoms with Gasteiger partial charge in [0.25, 0.3) is 0 Å². The molecule has 1 aliphatic rings. The van der Waals surface area contributed by atoms with Gasteiger partial charge in [0.1, 0.15) is 5.75 Å². The lowest BCUT2D eigenvalue weighted by atomic mass is 10.2. The molecule has 7 nitrogen and oxygen atoms in total. The van der Waals surface area contributed by atoms with Gasteiger partial charge < -0.3 is 9.84 Å². The summed E-state index contributed by atoms with van der Waals surface area (Å²) >= 11 is 3.16. The van der Waals surface area contributed by atoms with Gasteiger partial charge in [-0.1, -0.05) is 6.07 Å². The van der Waals surface area contributed by atoms with Crippen LogP contribution in [0.3, 0.4) is 0 Å². The van der Waals surface area contributed by atoms with E-state index in [-0.39, 0.29) is 22.1 Å². The van der Waals surface area contributed by atoms with E-state index in [1.807, 2.05) is 0 Å². The van der Waals surface area contributed by atoms with Crippen molar-refractivity contribution in [1.29, 1.82) is 0 Å². The second-order valence-corrected chi connectivity index (χ2v) is 8.36. The summed E-state index contributed by atoms with van der Waals surface area (Å²) in [5.74, 6) is -0.819. The van der Waals surface area contributed by atoms with E-state index >= 15 is 0 Å². The van der Waals surface area contributed by atoms with E-state index in [0.29, 0.717) is 10.0 Å². The molecule has 0 unspecified atom stereocenters. The standard InChI is InChI=1S/C17H12BrNO6S/c1-26(23,24)12-5-3-11(4-6-12)19-16(21)15(25-17(19)22)9-10-2-7-14(20)13(18)8-10/h2-9,20H,1H3/b15-9-. The summed E-state index contributed by atoms with van der Waals surface area (Å²) in [4.78, 5) is 25.4. The van der Waals surface area contributed by atoms with E-state index in [2.05, 4.69) is 15.9 Å². The zero-order valence-electron chi connectivity index (χ0n) is 13.3. The first kappa shape index (κ1) is 18.2. The molecule has 0 bridgehead atoms. The van der Waals surface area contributed by atoms with Gasteiger partial charge in [-0.25, -0.2) is 18.1 Å². The largest absolute Gasteiger partial charge is 0.507 e. The van der Waals surface area contributed by atoms with Gasteiger partial charge >= 0.3 is 12.0 Å². The number of aromatic hydroxyl groups is 1. The normalized spacial score (nSPS) is 16.2. The molecule has 0 aromatic heterocycles. The van der Waals surface area contributed by atoms with Crippen LogP contribution in [-0.2, 0) is 19.4 Å². The van der Waals surface area contributed by atoms with Crippen molar-refractivity contribution < 1.29 is 27.9 Å². The number of rotatable bonds is 3. The fraction of sp³-hybridized carbons (Fsp3) is 0.0588. The first-order chi connectivity index (χ1) is 12.2. The highest BCUT2D eigenvalue weighted by molar-refractivity contribution is 9.10. The Morgan fingerprint density at radius 1 is 1.12 bits per heavy atom. The Hall–Kier alpha value is -2.65. The summed E-state index contributed by atoms with van der Waals surface area (Å²) in [6.45, 7) is 0. The van der Waals surface area contributed by atoms with Crippen molar-refractivity contribution in [2.24, 2.45) is 0 Å². The quantitative estimate of drug-likeness (QED) is 0.740. The number of anilines is 1. The van der Waals surface area contributed by atoms with Crippen LogP contribution in [0.25, 0.3) is 6.08 Å². The molecular formula is C17H12BrNO6S. The number of hydrogen-bond acceptors (Lipinski definition) is 6. The number of phenolic OH excluding ortho intramolecular Hbond substituents is 1. The Balaban J connectivity index is 1.91. The topological polar surface area (TPSA) is 101 Å². The van der Waals surface area contributed by atoms with Crippen LogP contribution in [0.2, 0.25) is 0 Å². The minimum Gasteiger partial charge on any atom is -0.507 e. The number of halogens is 1. The molecule has 26 heavy (non-hydrogen) atoms. The van der Waals surface area contributed by atoms with E-state index in [1.165, 1.54) is 36.4 Å². The van der Waals surface area contributed by atoms with Crippen LogP contribution < -0.4 is 4.90 Å². The van der Waals surface area contributed by atoms with Crippen LogP contribution in [0.5, 0.6) is 5.75 Å². The molecule has 1 aliphatic heterocycles. The Labute approximate surface area is 157 Å². The summed E-state index contributed by atoms with van der Waals surface area (Å²) < 4.78 is 28.4. The number of nitrogens with zero attached hydrogens (tertiary/aromatic N) is 1. The molecule has 0 radical (unpaired) electrons. The molecule has 2 amide bonds. The maximum atomic E-state index is 12.5. The van der Waals surface area contributed by atoms with Crippen LogP contribution in [0.4, 0.5) is 10.5 Å². The Morgan fingerprint density at radius 2 is 1.77 bits per heavy atom. The molecule has 0 atom stereocenters. The van der Waals surface area contributed by atoms with Gasteiger partial charge in [0.15, 0.2) is 15.6 Å². The lowest BCUT2D eigenvalue weighted by Gasteiger charge is -2.10. The molecule has 9 heteroatoms. The molecular weight excluding hydrogens is 426 g/mol. The number of benzene rings is 2. The van der Waals surface area contributed by atoms with Crippen LogP contribution in [0.15, 0.2) is 57.6 Å². The predicted octanol–water partition coefficient (Wildman–Crippen LogP) is 3.08. The van der Waals surface area contributed by atoms with Crippen LogP contribution in [0.1, 0.15) is 5.56 Å². The van der Waals surface area contributed by atoms with E-state index in [1.54, 1.807) is 12.1 Å².